The van der Waals surface area contributed by atoms with Gasteiger partial charge in [-0.15, -0.1) is 0 Å². The number of carbonyl (C=O) groups is 1. The molecule has 1 aromatic heterocycles. The number of hydrogen-bond acceptors (Lipinski definition) is 3. The lowest BCUT2D eigenvalue weighted by Gasteiger charge is -2.27. The van der Waals surface area contributed by atoms with Gasteiger partial charge in [-0.2, -0.15) is 0 Å². The van der Waals surface area contributed by atoms with Gasteiger partial charge in [0, 0.05) is 26.1 Å². The molecular weight excluding hydrogens is 240 g/mol. The van der Waals surface area contributed by atoms with Gasteiger partial charge in [-0.3, -0.25) is 4.79 Å². The van der Waals surface area contributed by atoms with Gasteiger partial charge in [-0.25, -0.2) is 0 Å². The van der Waals surface area contributed by atoms with Crippen molar-refractivity contribution < 1.29 is 9.21 Å². The molecule has 1 aliphatic rings. The summed E-state index contributed by atoms with van der Waals surface area (Å²) in [6.07, 6.45) is 4.14. The molecule has 19 heavy (non-hydrogen) atoms. The predicted octanol–water partition coefficient (Wildman–Crippen LogP) is 2.64. The third kappa shape index (κ3) is 4.10. The van der Waals surface area contributed by atoms with Gasteiger partial charge in [-0.1, -0.05) is 0 Å². The minimum Gasteiger partial charge on any atom is -0.465 e. The first kappa shape index (κ1) is 14.1. The highest BCUT2D eigenvalue weighted by molar-refractivity contribution is 5.76. The van der Waals surface area contributed by atoms with Crippen LogP contribution in [0.15, 0.2) is 16.5 Å². The number of piperidine rings is 1. The molecule has 0 spiro atoms. The van der Waals surface area contributed by atoms with Gasteiger partial charge in [0.05, 0.1) is 6.04 Å². The Kier molecular flexibility index (Phi) is 5.02. The van der Waals surface area contributed by atoms with E-state index in [2.05, 4.69) is 12.2 Å². The number of nitrogens with one attached hydrogen (secondary N) is 1. The van der Waals surface area contributed by atoms with Crippen molar-refractivity contribution in [3.8, 4) is 0 Å². The van der Waals surface area contributed by atoms with Crippen LogP contribution in [0.2, 0.25) is 0 Å². The molecule has 2 heterocycles. The Morgan fingerprint density at radius 3 is 2.74 bits per heavy atom. The summed E-state index contributed by atoms with van der Waals surface area (Å²) in [5, 5.41) is 3.34. The molecule has 106 valence electrons. The van der Waals surface area contributed by atoms with Gasteiger partial charge in [-0.05, 0) is 45.2 Å². The summed E-state index contributed by atoms with van der Waals surface area (Å²) >= 11 is 0. The highest BCUT2D eigenvalue weighted by Gasteiger charge is 2.16. The molecule has 1 fully saturated rings. The van der Waals surface area contributed by atoms with Gasteiger partial charge in [0.1, 0.15) is 11.5 Å². The molecule has 4 nitrogen and oxygen atoms in total. The molecular formula is C15H24N2O2. The second-order valence-electron chi connectivity index (χ2n) is 5.32. The molecule has 1 atom stereocenters. The number of hydrogen-bond donors (Lipinski definition) is 1. The van der Waals surface area contributed by atoms with E-state index in [-0.39, 0.29) is 11.9 Å². The summed E-state index contributed by atoms with van der Waals surface area (Å²) < 4.78 is 5.56. The van der Waals surface area contributed by atoms with Crippen molar-refractivity contribution in [1.82, 2.24) is 10.2 Å². The summed E-state index contributed by atoms with van der Waals surface area (Å²) in [4.78, 5) is 14.0. The first-order valence-electron chi connectivity index (χ1n) is 7.24. The Morgan fingerprint density at radius 1 is 1.37 bits per heavy atom. The van der Waals surface area contributed by atoms with Crippen molar-refractivity contribution in [1.29, 1.82) is 0 Å². The van der Waals surface area contributed by atoms with Crippen LogP contribution in [0.3, 0.4) is 0 Å². The largest absolute Gasteiger partial charge is 0.465 e. The maximum absolute atomic E-state index is 12.0. The van der Waals surface area contributed by atoms with Crippen LogP contribution in [0.5, 0.6) is 0 Å². The van der Waals surface area contributed by atoms with E-state index in [9.17, 15) is 4.79 Å². The monoisotopic (exact) mass is 264 g/mol. The number of amides is 1. The SMILES string of the molecule is Cc1ccc(C(C)NCCC(=O)N2CCCCC2)o1. The van der Waals surface area contributed by atoms with E-state index in [1.165, 1.54) is 6.42 Å². The Labute approximate surface area is 115 Å². The zero-order valence-corrected chi connectivity index (χ0v) is 11.9. The molecule has 1 saturated heterocycles. The maximum atomic E-state index is 12.0. The zero-order chi connectivity index (χ0) is 13.7. The number of nitrogens with zero attached hydrogens (tertiary/aromatic N) is 1. The lowest BCUT2D eigenvalue weighted by molar-refractivity contribution is -0.132. The number of carbonyl (C=O) groups excluding carboxylic acids is 1. The van der Waals surface area contributed by atoms with Crippen LogP contribution in [0.25, 0.3) is 0 Å². The molecule has 0 aliphatic carbocycles. The highest BCUT2D eigenvalue weighted by atomic mass is 16.3. The van der Waals surface area contributed by atoms with Crippen molar-refractivity contribution in [3.05, 3.63) is 23.7 Å². The number of rotatable bonds is 5. The van der Waals surface area contributed by atoms with Gasteiger partial charge in [0.15, 0.2) is 0 Å². The standard InChI is InChI=1S/C15H24N2O2/c1-12-6-7-14(19-12)13(2)16-9-8-15(18)17-10-4-3-5-11-17/h6-7,13,16H,3-5,8-11H2,1-2H3. The van der Waals surface area contributed by atoms with E-state index in [4.69, 9.17) is 4.42 Å². The van der Waals surface area contributed by atoms with Crippen LogP contribution in [0.1, 0.15) is 50.2 Å². The number of aryl methyl sites for hydroxylation is 1. The Balaban J connectivity index is 1.69. The molecule has 2 rings (SSSR count). The van der Waals surface area contributed by atoms with E-state index < -0.39 is 0 Å². The van der Waals surface area contributed by atoms with Crippen LogP contribution >= 0.6 is 0 Å². The second kappa shape index (κ2) is 6.75. The average Bonchev–Trinajstić information content (AvgIpc) is 2.86. The molecule has 1 unspecified atom stereocenters. The van der Waals surface area contributed by atoms with Crippen molar-refractivity contribution in [3.63, 3.8) is 0 Å². The quantitative estimate of drug-likeness (QED) is 0.889. The van der Waals surface area contributed by atoms with Crippen molar-refractivity contribution >= 4 is 5.91 Å². The van der Waals surface area contributed by atoms with Crippen LogP contribution in [-0.2, 0) is 4.79 Å². The van der Waals surface area contributed by atoms with Crippen molar-refractivity contribution in [2.24, 2.45) is 0 Å². The highest BCUT2D eigenvalue weighted by Crippen LogP contribution is 2.15. The summed E-state index contributed by atoms with van der Waals surface area (Å²) in [6.45, 7) is 6.58. The minimum atomic E-state index is 0.155. The van der Waals surface area contributed by atoms with E-state index in [0.717, 1.165) is 37.5 Å². The van der Waals surface area contributed by atoms with Gasteiger partial charge < -0.3 is 14.6 Å². The molecule has 0 radical (unpaired) electrons. The number of likely N-dealkylation sites (tertiary alicyclic amines) is 1. The maximum Gasteiger partial charge on any atom is 0.223 e. The van der Waals surface area contributed by atoms with E-state index in [1.807, 2.05) is 24.0 Å². The van der Waals surface area contributed by atoms with Crippen molar-refractivity contribution in [2.75, 3.05) is 19.6 Å². The topological polar surface area (TPSA) is 45.5 Å². The van der Waals surface area contributed by atoms with E-state index >= 15 is 0 Å². The molecule has 0 saturated carbocycles. The summed E-state index contributed by atoms with van der Waals surface area (Å²) in [6, 6.07) is 4.11. The molecule has 1 amide bonds. The van der Waals surface area contributed by atoms with E-state index in [1.54, 1.807) is 0 Å². The third-order valence-corrected chi connectivity index (χ3v) is 3.69. The lowest BCUT2D eigenvalue weighted by atomic mass is 10.1. The van der Waals surface area contributed by atoms with Gasteiger partial charge in [0.25, 0.3) is 0 Å². The fourth-order valence-electron chi connectivity index (χ4n) is 2.48. The zero-order valence-electron chi connectivity index (χ0n) is 11.9. The Bertz CT molecular complexity index is 408. The first-order valence-corrected chi connectivity index (χ1v) is 7.24. The normalized spacial score (nSPS) is 17.5. The van der Waals surface area contributed by atoms with Crippen LogP contribution in [0, 0.1) is 6.92 Å². The number of furan rings is 1. The fraction of sp³-hybridized carbons (Fsp3) is 0.667. The molecule has 0 bridgehead atoms. The summed E-state index contributed by atoms with van der Waals surface area (Å²) in [5.74, 6) is 2.13. The average molecular weight is 264 g/mol. The van der Waals surface area contributed by atoms with Crippen LogP contribution in [-0.4, -0.2) is 30.4 Å². The summed E-state index contributed by atoms with van der Waals surface area (Å²) in [7, 11) is 0. The first-order chi connectivity index (χ1) is 9.16. The molecule has 1 aliphatic heterocycles. The fourth-order valence-corrected chi connectivity index (χ4v) is 2.48. The molecule has 4 heteroatoms. The molecule has 1 aromatic rings. The molecule has 1 N–H and O–H groups in total. The lowest BCUT2D eigenvalue weighted by Crippen LogP contribution is -2.37. The minimum absolute atomic E-state index is 0.155. The predicted molar refractivity (Wildman–Crippen MR) is 74.9 cm³/mol. The van der Waals surface area contributed by atoms with Crippen LogP contribution in [0.4, 0.5) is 0 Å². The smallest absolute Gasteiger partial charge is 0.223 e. The van der Waals surface area contributed by atoms with Crippen LogP contribution < -0.4 is 5.32 Å². The van der Waals surface area contributed by atoms with E-state index in [0.29, 0.717) is 13.0 Å². The van der Waals surface area contributed by atoms with Gasteiger partial charge in [0.2, 0.25) is 5.91 Å². The van der Waals surface area contributed by atoms with Gasteiger partial charge >= 0.3 is 0 Å². The van der Waals surface area contributed by atoms with Crippen molar-refractivity contribution in [2.45, 2.75) is 45.6 Å². The Morgan fingerprint density at radius 2 is 2.11 bits per heavy atom. The third-order valence-electron chi connectivity index (χ3n) is 3.69. The second-order valence-corrected chi connectivity index (χ2v) is 5.32. The Hall–Kier alpha value is -1.29. The summed E-state index contributed by atoms with van der Waals surface area (Å²) in [5.41, 5.74) is 0. The molecule has 0 aromatic carbocycles.